The Hall–Kier alpha value is -2.41. The number of benzene rings is 1. The van der Waals surface area contributed by atoms with Gasteiger partial charge in [-0.25, -0.2) is 9.78 Å². The van der Waals surface area contributed by atoms with Crippen LogP contribution >= 0.6 is 11.3 Å². The number of thiazole rings is 1. The van der Waals surface area contributed by atoms with E-state index in [1.807, 2.05) is 32.0 Å². The summed E-state index contributed by atoms with van der Waals surface area (Å²) in [5, 5.41) is 5.77. The van der Waals surface area contributed by atoms with E-state index in [1.54, 1.807) is 27.7 Å². The number of carbonyl (C=O) groups is 2. The summed E-state index contributed by atoms with van der Waals surface area (Å²) in [5.74, 6) is -0.253. The smallest absolute Gasteiger partial charge is 0.413 e. The van der Waals surface area contributed by atoms with Crippen LogP contribution in [0.15, 0.2) is 18.2 Å². The van der Waals surface area contributed by atoms with Crippen molar-refractivity contribution in [2.24, 2.45) is 0 Å². The van der Waals surface area contributed by atoms with Gasteiger partial charge in [0.25, 0.3) is 5.91 Å². The number of anilines is 2. The summed E-state index contributed by atoms with van der Waals surface area (Å²) in [6.45, 7) is 11.0. The molecule has 25 heavy (non-hydrogen) atoms. The molecule has 2 rings (SSSR count). The maximum atomic E-state index is 12.5. The van der Waals surface area contributed by atoms with E-state index in [0.717, 1.165) is 28.2 Å². The first-order valence-corrected chi connectivity index (χ1v) is 8.72. The van der Waals surface area contributed by atoms with E-state index < -0.39 is 11.7 Å². The van der Waals surface area contributed by atoms with Crippen LogP contribution < -0.4 is 10.6 Å². The number of amides is 2. The van der Waals surface area contributed by atoms with Crippen molar-refractivity contribution in [3.05, 3.63) is 39.9 Å². The van der Waals surface area contributed by atoms with Crippen LogP contribution in [-0.2, 0) is 4.74 Å². The summed E-state index contributed by atoms with van der Waals surface area (Å²) in [4.78, 5) is 29.0. The van der Waals surface area contributed by atoms with Gasteiger partial charge >= 0.3 is 6.09 Å². The normalized spacial score (nSPS) is 11.1. The Morgan fingerprint density at radius 2 is 1.64 bits per heavy atom. The molecule has 2 aromatic rings. The van der Waals surface area contributed by atoms with E-state index >= 15 is 0 Å². The fourth-order valence-corrected chi connectivity index (χ4v) is 3.13. The van der Waals surface area contributed by atoms with Gasteiger partial charge in [0.2, 0.25) is 0 Å². The van der Waals surface area contributed by atoms with Gasteiger partial charge in [-0.3, -0.25) is 10.1 Å². The average Bonchev–Trinajstić information content (AvgIpc) is 2.75. The number of aryl methyl sites for hydroxylation is 3. The van der Waals surface area contributed by atoms with Crippen molar-refractivity contribution in [3.8, 4) is 0 Å². The first-order chi connectivity index (χ1) is 11.5. The van der Waals surface area contributed by atoms with E-state index in [-0.39, 0.29) is 5.91 Å². The summed E-state index contributed by atoms with van der Waals surface area (Å²) >= 11 is 1.11. The van der Waals surface area contributed by atoms with Crippen LogP contribution in [0.4, 0.5) is 15.6 Å². The van der Waals surface area contributed by atoms with E-state index in [1.165, 1.54) is 0 Å². The van der Waals surface area contributed by atoms with Crippen molar-refractivity contribution < 1.29 is 14.3 Å². The minimum absolute atomic E-state index is 0.253. The minimum Gasteiger partial charge on any atom is -0.444 e. The SMILES string of the molecule is Cc1cc(C)cc(NC(=O)c2sc(NC(=O)OC(C)(C)C)nc2C)c1. The molecule has 0 fully saturated rings. The number of hydrogen-bond acceptors (Lipinski definition) is 5. The first-order valence-electron chi connectivity index (χ1n) is 7.90. The third-order valence-corrected chi connectivity index (χ3v) is 4.16. The molecule has 0 bridgehead atoms. The highest BCUT2D eigenvalue weighted by atomic mass is 32.1. The summed E-state index contributed by atoms with van der Waals surface area (Å²) in [5.41, 5.74) is 2.83. The average molecular weight is 361 g/mol. The van der Waals surface area contributed by atoms with E-state index in [0.29, 0.717) is 15.7 Å². The van der Waals surface area contributed by atoms with Crippen molar-refractivity contribution in [1.82, 2.24) is 4.98 Å². The molecule has 134 valence electrons. The molecule has 1 heterocycles. The Morgan fingerprint density at radius 3 is 2.20 bits per heavy atom. The van der Waals surface area contributed by atoms with E-state index in [4.69, 9.17) is 4.74 Å². The molecule has 0 aliphatic rings. The predicted molar refractivity (Wildman–Crippen MR) is 101 cm³/mol. The molecule has 0 spiro atoms. The molecule has 1 aromatic carbocycles. The van der Waals surface area contributed by atoms with Crippen LogP contribution in [0.2, 0.25) is 0 Å². The largest absolute Gasteiger partial charge is 0.444 e. The van der Waals surface area contributed by atoms with Crippen molar-refractivity contribution in [3.63, 3.8) is 0 Å². The van der Waals surface area contributed by atoms with E-state index in [2.05, 4.69) is 15.6 Å². The molecule has 1 aromatic heterocycles. The highest BCUT2D eigenvalue weighted by Gasteiger charge is 2.20. The Morgan fingerprint density at radius 1 is 1.04 bits per heavy atom. The van der Waals surface area contributed by atoms with Gasteiger partial charge in [-0.1, -0.05) is 17.4 Å². The molecule has 0 unspecified atom stereocenters. The summed E-state index contributed by atoms with van der Waals surface area (Å²) < 4.78 is 5.19. The number of carbonyl (C=O) groups excluding carboxylic acids is 2. The van der Waals surface area contributed by atoms with Crippen molar-refractivity contribution in [1.29, 1.82) is 0 Å². The van der Waals surface area contributed by atoms with Crippen molar-refractivity contribution >= 4 is 34.2 Å². The second kappa shape index (κ2) is 7.23. The Labute approximate surface area is 151 Å². The van der Waals surface area contributed by atoms with Crippen LogP contribution in [0.3, 0.4) is 0 Å². The molecule has 2 N–H and O–H groups in total. The lowest BCUT2D eigenvalue weighted by Gasteiger charge is -2.18. The van der Waals surface area contributed by atoms with Gasteiger partial charge in [-0.2, -0.15) is 0 Å². The Kier molecular flexibility index (Phi) is 5.47. The molecule has 2 amide bonds. The van der Waals surface area contributed by atoms with Gasteiger partial charge in [0.05, 0.1) is 5.69 Å². The molecule has 7 heteroatoms. The van der Waals surface area contributed by atoms with Crippen LogP contribution in [0.5, 0.6) is 0 Å². The number of nitrogens with zero attached hydrogens (tertiary/aromatic N) is 1. The molecule has 0 atom stereocenters. The zero-order valence-electron chi connectivity index (χ0n) is 15.3. The van der Waals surface area contributed by atoms with Crippen molar-refractivity contribution in [2.45, 2.75) is 47.1 Å². The second-order valence-corrected chi connectivity index (χ2v) is 7.89. The van der Waals surface area contributed by atoms with E-state index in [9.17, 15) is 9.59 Å². The maximum Gasteiger partial charge on any atom is 0.413 e. The number of nitrogens with one attached hydrogen (secondary N) is 2. The van der Waals surface area contributed by atoms with Crippen LogP contribution in [-0.4, -0.2) is 22.6 Å². The highest BCUT2D eigenvalue weighted by Crippen LogP contribution is 2.25. The van der Waals surface area contributed by atoms with Crippen LogP contribution in [0, 0.1) is 20.8 Å². The van der Waals surface area contributed by atoms with Gasteiger partial charge in [-0.15, -0.1) is 0 Å². The fourth-order valence-electron chi connectivity index (χ4n) is 2.29. The summed E-state index contributed by atoms with van der Waals surface area (Å²) in [6, 6.07) is 5.85. The standard InChI is InChI=1S/C18H23N3O3S/c1-10-7-11(2)9-13(8-10)20-15(22)14-12(3)19-16(25-14)21-17(23)24-18(4,5)6/h7-9H,1-6H3,(H,20,22)(H,19,21,23). The minimum atomic E-state index is -0.598. The molecule has 0 aliphatic heterocycles. The lowest BCUT2D eigenvalue weighted by Crippen LogP contribution is -2.27. The summed E-state index contributed by atoms with van der Waals surface area (Å²) in [7, 11) is 0. The molecular weight excluding hydrogens is 338 g/mol. The number of rotatable bonds is 3. The molecule has 0 saturated heterocycles. The molecular formula is C18H23N3O3S. The zero-order valence-corrected chi connectivity index (χ0v) is 16.1. The Balaban J connectivity index is 2.11. The maximum absolute atomic E-state index is 12.5. The van der Waals surface area contributed by atoms with Gasteiger partial charge in [0, 0.05) is 5.69 Å². The zero-order chi connectivity index (χ0) is 18.8. The fraction of sp³-hybridized carbons (Fsp3) is 0.389. The predicted octanol–water partition coefficient (Wildman–Crippen LogP) is 4.67. The molecule has 0 radical (unpaired) electrons. The topological polar surface area (TPSA) is 80.3 Å². The number of aromatic nitrogens is 1. The summed E-state index contributed by atoms with van der Waals surface area (Å²) in [6.07, 6.45) is -0.595. The molecule has 0 aliphatic carbocycles. The van der Waals surface area contributed by atoms with Crippen molar-refractivity contribution in [2.75, 3.05) is 10.6 Å². The van der Waals surface area contributed by atoms with Gasteiger partial charge in [0.1, 0.15) is 10.5 Å². The lowest BCUT2D eigenvalue weighted by molar-refractivity contribution is 0.0635. The lowest BCUT2D eigenvalue weighted by atomic mass is 10.1. The van der Waals surface area contributed by atoms with Crippen LogP contribution in [0.25, 0.3) is 0 Å². The second-order valence-electron chi connectivity index (χ2n) is 6.89. The Bertz CT molecular complexity index is 786. The molecule has 6 nitrogen and oxygen atoms in total. The first kappa shape index (κ1) is 18.9. The van der Waals surface area contributed by atoms with Gasteiger partial charge < -0.3 is 10.1 Å². The van der Waals surface area contributed by atoms with Crippen LogP contribution in [0.1, 0.15) is 47.3 Å². The number of ether oxygens (including phenoxy) is 1. The highest BCUT2D eigenvalue weighted by molar-refractivity contribution is 7.17. The number of hydrogen-bond donors (Lipinski definition) is 2. The third-order valence-electron chi connectivity index (χ3n) is 3.09. The molecule has 0 saturated carbocycles. The monoisotopic (exact) mass is 361 g/mol. The van der Waals surface area contributed by atoms with Gasteiger partial charge in [0.15, 0.2) is 5.13 Å². The third kappa shape index (κ3) is 5.56. The van der Waals surface area contributed by atoms with Gasteiger partial charge in [-0.05, 0) is 64.8 Å². The quantitative estimate of drug-likeness (QED) is 0.832.